The first-order valence-corrected chi connectivity index (χ1v) is 7.44. The Bertz CT molecular complexity index is 318. The molecule has 0 aromatic carbocycles. The summed E-state index contributed by atoms with van der Waals surface area (Å²) in [6, 6.07) is 0. The molecule has 0 aliphatic heterocycles. The fourth-order valence-electron chi connectivity index (χ4n) is 1.34. The van der Waals surface area contributed by atoms with E-state index in [1.54, 1.807) is 20.8 Å². The molecule has 0 heterocycles. The molecule has 0 fully saturated rings. The highest BCUT2D eigenvalue weighted by Gasteiger charge is 2.15. The number of nitrogens with two attached hydrogens (primary N) is 1. The molecule has 0 aliphatic rings. The van der Waals surface area contributed by atoms with E-state index in [0.717, 1.165) is 0 Å². The molecule has 22 heavy (non-hydrogen) atoms. The third-order valence-corrected chi connectivity index (χ3v) is 2.23. The molecule has 8 nitrogen and oxygen atoms in total. The van der Waals surface area contributed by atoms with E-state index in [0.29, 0.717) is 52.5 Å². The minimum absolute atomic E-state index is 0.0735. The number of hydrogen-bond acceptors (Lipinski definition) is 6. The first-order valence-electron chi connectivity index (χ1n) is 7.44. The van der Waals surface area contributed by atoms with Crippen LogP contribution in [-0.2, 0) is 19.0 Å². The van der Waals surface area contributed by atoms with Gasteiger partial charge < -0.3 is 30.6 Å². The monoisotopic (exact) mass is 319 g/mol. The molecule has 0 atom stereocenters. The zero-order chi connectivity index (χ0) is 16.8. The van der Waals surface area contributed by atoms with Gasteiger partial charge in [-0.25, -0.2) is 4.79 Å². The van der Waals surface area contributed by atoms with Crippen LogP contribution in [0.4, 0.5) is 4.79 Å². The molecule has 0 unspecified atom stereocenters. The molecule has 0 saturated heterocycles. The zero-order valence-electron chi connectivity index (χ0n) is 13.8. The topological polar surface area (TPSA) is 112 Å². The number of alkyl carbamates (subject to hydrolysis) is 1. The number of carbonyl (C=O) groups is 2. The molecule has 0 rings (SSSR count). The summed E-state index contributed by atoms with van der Waals surface area (Å²) >= 11 is 0. The van der Waals surface area contributed by atoms with Crippen molar-refractivity contribution in [1.82, 2.24) is 10.6 Å². The van der Waals surface area contributed by atoms with Gasteiger partial charge in [-0.3, -0.25) is 4.79 Å². The van der Waals surface area contributed by atoms with Gasteiger partial charge in [-0.1, -0.05) is 0 Å². The summed E-state index contributed by atoms with van der Waals surface area (Å²) in [6.07, 6.45) is -0.131. The summed E-state index contributed by atoms with van der Waals surface area (Å²) < 4.78 is 15.6. The number of hydrogen-bond donors (Lipinski definition) is 3. The van der Waals surface area contributed by atoms with Gasteiger partial charge in [-0.05, 0) is 20.8 Å². The van der Waals surface area contributed by atoms with Gasteiger partial charge in [0, 0.05) is 26.1 Å². The largest absolute Gasteiger partial charge is 0.444 e. The molecule has 0 aromatic rings. The van der Waals surface area contributed by atoms with Crippen LogP contribution in [0.5, 0.6) is 0 Å². The standard InChI is InChI=1S/C14H29N3O5/c1-14(2,3)22-13(19)17-7-9-21-11-10-20-8-6-16-12(18)4-5-15/h4-11,15H2,1-3H3,(H,16,18)(H,17,19). The van der Waals surface area contributed by atoms with Crippen molar-refractivity contribution in [1.29, 1.82) is 0 Å². The second kappa shape index (κ2) is 12.2. The first kappa shape index (κ1) is 20.6. The third-order valence-electron chi connectivity index (χ3n) is 2.23. The van der Waals surface area contributed by atoms with Crippen molar-refractivity contribution in [2.45, 2.75) is 32.8 Å². The molecule has 0 spiro atoms. The van der Waals surface area contributed by atoms with Gasteiger partial charge in [0.05, 0.1) is 26.4 Å². The van der Waals surface area contributed by atoms with E-state index in [4.69, 9.17) is 19.9 Å². The summed E-state index contributed by atoms with van der Waals surface area (Å²) in [5.74, 6) is -0.0735. The Labute approximate surface area is 132 Å². The quantitative estimate of drug-likeness (QED) is 0.463. The van der Waals surface area contributed by atoms with Crippen LogP contribution in [0, 0.1) is 0 Å². The lowest BCUT2D eigenvalue weighted by molar-refractivity contribution is -0.121. The highest BCUT2D eigenvalue weighted by molar-refractivity contribution is 5.75. The fourth-order valence-corrected chi connectivity index (χ4v) is 1.34. The Balaban J connectivity index is 3.27. The second-order valence-corrected chi connectivity index (χ2v) is 5.54. The van der Waals surface area contributed by atoms with Crippen molar-refractivity contribution >= 4 is 12.0 Å². The molecule has 0 aromatic heterocycles. The lowest BCUT2D eigenvalue weighted by atomic mass is 10.2. The van der Waals surface area contributed by atoms with E-state index in [1.807, 2.05) is 0 Å². The van der Waals surface area contributed by atoms with Crippen molar-refractivity contribution < 1.29 is 23.8 Å². The molecule has 4 N–H and O–H groups in total. The highest BCUT2D eigenvalue weighted by Crippen LogP contribution is 2.05. The Morgan fingerprint density at radius 3 is 2.00 bits per heavy atom. The summed E-state index contributed by atoms with van der Waals surface area (Å²) in [4.78, 5) is 22.4. The number of carbonyl (C=O) groups excluding carboxylic acids is 2. The van der Waals surface area contributed by atoms with E-state index in [9.17, 15) is 9.59 Å². The van der Waals surface area contributed by atoms with Gasteiger partial charge in [-0.15, -0.1) is 0 Å². The van der Waals surface area contributed by atoms with Crippen LogP contribution in [0.3, 0.4) is 0 Å². The first-order chi connectivity index (χ1) is 10.3. The van der Waals surface area contributed by atoms with E-state index in [2.05, 4.69) is 10.6 Å². The number of ether oxygens (including phenoxy) is 3. The van der Waals surface area contributed by atoms with Crippen LogP contribution in [0.25, 0.3) is 0 Å². The molecule has 0 saturated carbocycles. The van der Waals surface area contributed by atoms with Crippen LogP contribution in [0.1, 0.15) is 27.2 Å². The molecule has 0 aliphatic carbocycles. The van der Waals surface area contributed by atoms with Crippen LogP contribution in [0.2, 0.25) is 0 Å². The third kappa shape index (κ3) is 15.0. The predicted molar refractivity (Wildman–Crippen MR) is 82.6 cm³/mol. The van der Waals surface area contributed by atoms with Crippen molar-refractivity contribution in [3.8, 4) is 0 Å². The average molecular weight is 319 g/mol. The van der Waals surface area contributed by atoms with Crippen LogP contribution in [-0.4, -0.2) is 63.7 Å². The maximum Gasteiger partial charge on any atom is 0.407 e. The number of amides is 2. The number of nitrogens with one attached hydrogen (secondary N) is 2. The maximum absolute atomic E-state index is 11.3. The Kier molecular flexibility index (Phi) is 11.4. The molecule has 8 heteroatoms. The molecule has 0 radical (unpaired) electrons. The maximum atomic E-state index is 11.3. The van der Waals surface area contributed by atoms with Gasteiger partial charge in [0.1, 0.15) is 5.60 Å². The highest BCUT2D eigenvalue weighted by atomic mass is 16.6. The second-order valence-electron chi connectivity index (χ2n) is 5.54. The van der Waals surface area contributed by atoms with Gasteiger partial charge in [0.25, 0.3) is 0 Å². The van der Waals surface area contributed by atoms with Crippen molar-refractivity contribution in [2.75, 3.05) is 46.1 Å². The lowest BCUT2D eigenvalue weighted by Crippen LogP contribution is -2.34. The minimum Gasteiger partial charge on any atom is -0.444 e. The molecular weight excluding hydrogens is 290 g/mol. The van der Waals surface area contributed by atoms with Crippen LogP contribution < -0.4 is 16.4 Å². The SMILES string of the molecule is CC(C)(C)OC(=O)NCCOCCOCCNC(=O)CCN. The summed E-state index contributed by atoms with van der Waals surface area (Å²) in [5, 5.41) is 5.27. The average Bonchev–Trinajstić information content (AvgIpc) is 2.39. The Morgan fingerprint density at radius 1 is 0.955 bits per heavy atom. The molecule has 2 amide bonds. The molecule has 0 bridgehead atoms. The minimum atomic E-state index is -0.502. The summed E-state index contributed by atoms with van der Waals surface area (Å²) in [5.41, 5.74) is 4.74. The van der Waals surface area contributed by atoms with Crippen LogP contribution >= 0.6 is 0 Å². The fraction of sp³-hybridized carbons (Fsp3) is 0.857. The van der Waals surface area contributed by atoms with Gasteiger partial charge in [-0.2, -0.15) is 0 Å². The van der Waals surface area contributed by atoms with Crippen molar-refractivity contribution in [3.05, 3.63) is 0 Å². The van der Waals surface area contributed by atoms with Crippen molar-refractivity contribution in [3.63, 3.8) is 0 Å². The normalized spacial score (nSPS) is 11.1. The van der Waals surface area contributed by atoms with E-state index >= 15 is 0 Å². The molecule has 130 valence electrons. The molecular formula is C14H29N3O5. The van der Waals surface area contributed by atoms with E-state index < -0.39 is 11.7 Å². The van der Waals surface area contributed by atoms with Crippen LogP contribution in [0.15, 0.2) is 0 Å². The Morgan fingerprint density at radius 2 is 1.50 bits per heavy atom. The Hall–Kier alpha value is -1.38. The summed E-state index contributed by atoms with van der Waals surface area (Å²) in [7, 11) is 0. The van der Waals surface area contributed by atoms with E-state index in [-0.39, 0.29) is 5.91 Å². The smallest absolute Gasteiger partial charge is 0.407 e. The zero-order valence-corrected chi connectivity index (χ0v) is 13.8. The lowest BCUT2D eigenvalue weighted by Gasteiger charge is -2.19. The van der Waals surface area contributed by atoms with Gasteiger partial charge in [0.2, 0.25) is 5.91 Å². The van der Waals surface area contributed by atoms with Gasteiger partial charge in [0.15, 0.2) is 0 Å². The van der Waals surface area contributed by atoms with Gasteiger partial charge >= 0.3 is 6.09 Å². The summed E-state index contributed by atoms with van der Waals surface area (Å²) in [6.45, 7) is 8.26. The van der Waals surface area contributed by atoms with Crippen molar-refractivity contribution in [2.24, 2.45) is 5.73 Å². The number of rotatable bonds is 11. The van der Waals surface area contributed by atoms with E-state index in [1.165, 1.54) is 0 Å². The predicted octanol–water partition coefficient (Wildman–Crippen LogP) is 0.00930.